The molecule has 27 heavy (non-hydrogen) atoms. The third-order valence-electron chi connectivity index (χ3n) is 2.15. The van der Waals surface area contributed by atoms with Crippen molar-refractivity contribution in [2.24, 2.45) is 0 Å². The van der Waals surface area contributed by atoms with Gasteiger partial charge in [-0.25, -0.2) is 16.8 Å². The summed E-state index contributed by atoms with van der Waals surface area (Å²) in [5.41, 5.74) is -11.6. The third kappa shape index (κ3) is 8.74. The van der Waals surface area contributed by atoms with Gasteiger partial charge in [-0.15, -0.1) is 0 Å². The fourth-order valence-corrected chi connectivity index (χ4v) is 2.88. The van der Waals surface area contributed by atoms with E-state index < -0.39 is 43.8 Å². The Morgan fingerprint density at radius 2 is 1.30 bits per heavy atom. The predicted octanol–water partition coefficient (Wildman–Crippen LogP) is 2.90. The molecule has 0 aliphatic heterocycles. The second-order valence-corrected chi connectivity index (χ2v) is 8.01. The largest absolute Gasteiger partial charge is 0.480 e. The summed E-state index contributed by atoms with van der Waals surface area (Å²) in [6.07, 6.45) is -1.27. The first-order valence-corrected chi connectivity index (χ1v) is 8.95. The van der Waals surface area contributed by atoms with Crippen LogP contribution in [0.4, 0.5) is 39.5 Å². The lowest BCUT2D eigenvalue weighted by Crippen LogP contribution is -2.40. The number of aryl methyl sites for hydroxylation is 1. The standard InChI is InChI=1S/C8H9F3N.C2F6NO4S2/c1-7-3-2-4-12(5-7)6-8(9,10)11;3-1(4,5)14(10,11)9-15(12,13)2(6,7)8/h2-5H,6H2,1H3;/q+1;-1. The Morgan fingerprint density at radius 1 is 0.889 bits per heavy atom. The van der Waals surface area contributed by atoms with Gasteiger partial charge in [-0.2, -0.15) is 44.1 Å². The predicted molar refractivity (Wildman–Crippen MR) is 70.7 cm³/mol. The molecule has 0 bridgehead atoms. The number of pyridine rings is 1. The molecule has 17 heteroatoms. The fraction of sp³-hybridized carbons (Fsp3) is 0.500. The molecule has 1 aromatic heterocycles. The first-order valence-electron chi connectivity index (χ1n) is 6.07. The molecular formula is C10H9F9N2O4S2. The van der Waals surface area contributed by atoms with E-state index in [2.05, 4.69) is 0 Å². The minimum absolute atomic E-state index is 0.778. The van der Waals surface area contributed by atoms with Crippen molar-refractivity contribution in [3.05, 3.63) is 34.2 Å². The monoisotopic (exact) mass is 456 g/mol. The van der Waals surface area contributed by atoms with E-state index in [0.29, 0.717) is 0 Å². The van der Waals surface area contributed by atoms with Gasteiger partial charge < -0.3 is 4.13 Å². The summed E-state index contributed by atoms with van der Waals surface area (Å²) < 4.78 is 146. The number of halogens is 9. The molecule has 0 atom stereocenters. The van der Waals surface area contributed by atoms with Crippen LogP contribution >= 0.6 is 0 Å². The van der Waals surface area contributed by atoms with Gasteiger partial charge in [-0.1, -0.05) is 0 Å². The molecule has 158 valence electrons. The van der Waals surface area contributed by atoms with Gasteiger partial charge in [0, 0.05) is 11.6 Å². The van der Waals surface area contributed by atoms with Crippen molar-refractivity contribution in [1.82, 2.24) is 0 Å². The number of aromatic nitrogens is 1. The second-order valence-electron chi connectivity index (χ2n) is 4.58. The molecule has 1 aromatic rings. The van der Waals surface area contributed by atoms with Crippen molar-refractivity contribution >= 4 is 20.0 Å². The van der Waals surface area contributed by atoms with Gasteiger partial charge in [0.2, 0.25) is 6.54 Å². The first kappa shape index (κ1) is 25.4. The Kier molecular flexibility index (Phi) is 7.68. The zero-order chi connectivity index (χ0) is 21.9. The number of alkyl halides is 9. The van der Waals surface area contributed by atoms with E-state index in [1.165, 1.54) is 12.4 Å². The number of sulfonamides is 2. The van der Waals surface area contributed by atoms with Gasteiger partial charge in [-0.05, 0) is 13.0 Å². The van der Waals surface area contributed by atoms with Crippen molar-refractivity contribution in [3.8, 4) is 0 Å². The van der Waals surface area contributed by atoms with E-state index in [-0.39, 0.29) is 0 Å². The molecule has 0 aliphatic carbocycles. The van der Waals surface area contributed by atoms with Crippen molar-refractivity contribution in [1.29, 1.82) is 0 Å². The SMILES string of the molecule is Cc1ccc[n+](CC(F)(F)F)c1.O=S(=O)([N-]S(=O)(=O)C(F)(F)F)C(F)(F)F. The highest BCUT2D eigenvalue weighted by atomic mass is 32.3. The summed E-state index contributed by atoms with van der Waals surface area (Å²) in [5.74, 6) is 0. The van der Waals surface area contributed by atoms with E-state index in [9.17, 15) is 56.3 Å². The molecule has 6 nitrogen and oxygen atoms in total. The molecule has 0 amide bonds. The van der Waals surface area contributed by atoms with Gasteiger partial charge in [0.1, 0.15) is 0 Å². The maximum Gasteiger partial charge on any atom is 0.480 e. The van der Waals surface area contributed by atoms with Crippen LogP contribution in [0.25, 0.3) is 4.13 Å². The van der Waals surface area contributed by atoms with E-state index in [0.717, 1.165) is 14.3 Å². The lowest BCUT2D eigenvalue weighted by Gasteiger charge is -2.22. The van der Waals surface area contributed by atoms with Crippen molar-refractivity contribution in [2.75, 3.05) is 0 Å². The van der Waals surface area contributed by atoms with Gasteiger partial charge in [-0.3, -0.25) is 0 Å². The quantitative estimate of drug-likeness (QED) is 0.517. The number of rotatable bonds is 3. The highest BCUT2D eigenvalue weighted by Gasteiger charge is 2.46. The number of hydrogen-bond donors (Lipinski definition) is 0. The first-order chi connectivity index (χ1) is 11.7. The van der Waals surface area contributed by atoms with Crippen LogP contribution in [0.3, 0.4) is 0 Å². The van der Waals surface area contributed by atoms with Crippen LogP contribution in [-0.4, -0.2) is 34.0 Å². The van der Waals surface area contributed by atoms with Crippen molar-refractivity contribution < 1.29 is 60.9 Å². The van der Waals surface area contributed by atoms with E-state index >= 15 is 0 Å². The molecule has 0 N–H and O–H groups in total. The number of nitrogens with zero attached hydrogens (tertiary/aromatic N) is 2. The minimum Gasteiger partial charge on any atom is -0.421 e. The second kappa shape index (κ2) is 8.17. The molecule has 1 rings (SSSR count). The summed E-state index contributed by atoms with van der Waals surface area (Å²) in [7, 11) is -13.4. The van der Waals surface area contributed by atoms with Crippen molar-refractivity contribution in [3.63, 3.8) is 0 Å². The Bertz CT molecular complexity index is 801. The molecule has 0 unspecified atom stereocenters. The van der Waals surface area contributed by atoms with E-state index in [4.69, 9.17) is 0 Å². The van der Waals surface area contributed by atoms with Crippen LogP contribution in [0.5, 0.6) is 0 Å². The summed E-state index contributed by atoms with van der Waals surface area (Å²) in [6, 6.07) is 3.36. The molecular weight excluding hydrogens is 447 g/mol. The normalized spacial score (nSPS) is 13.7. The summed E-state index contributed by atoms with van der Waals surface area (Å²) in [6.45, 7) is 0.835. The zero-order valence-corrected chi connectivity index (χ0v) is 14.4. The Labute approximate surface area is 146 Å². The van der Waals surface area contributed by atoms with Crippen LogP contribution in [0.2, 0.25) is 0 Å². The van der Waals surface area contributed by atoms with Gasteiger partial charge in [0.05, 0.1) is 0 Å². The van der Waals surface area contributed by atoms with E-state index in [1.807, 2.05) is 0 Å². The van der Waals surface area contributed by atoms with Crippen LogP contribution < -0.4 is 4.57 Å². The zero-order valence-electron chi connectivity index (χ0n) is 12.8. The summed E-state index contributed by atoms with van der Waals surface area (Å²) in [4.78, 5) is 0. The number of hydrogen-bond acceptors (Lipinski definition) is 4. The van der Waals surface area contributed by atoms with Crippen LogP contribution in [-0.2, 0) is 26.6 Å². The maximum atomic E-state index is 11.9. The molecule has 0 saturated carbocycles. The maximum absolute atomic E-state index is 11.9. The average molecular weight is 456 g/mol. The van der Waals surface area contributed by atoms with Gasteiger partial charge >= 0.3 is 17.2 Å². The molecule has 1 heterocycles. The van der Waals surface area contributed by atoms with E-state index in [1.54, 1.807) is 19.1 Å². The highest BCUT2D eigenvalue weighted by molar-refractivity contribution is 8.13. The van der Waals surface area contributed by atoms with Gasteiger partial charge in [0.15, 0.2) is 32.4 Å². The van der Waals surface area contributed by atoms with Gasteiger partial charge in [0.25, 0.3) is 0 Å². The highest BCUT2D eigenvalue weighted by Crippen LogP contribution is 2.36. The molecule has 0 saturated heterocycles. The lowest BCUT2D eigenvalue weighted by molar-refractivity contribution is -0.719. The Morgan fingerprint density at radius 3 is 1.59 bits per heavy atom. The smallest absolute Gasteiger partial charge is 0.421 e. The third-order valence-corrected chi connectivity index (χ3v) is 4.89. The van der Waals surface area contributed by atoms with Crippen LogP contribution in [0, 0.1) is 6.92 Å². The molecule has 0 radical (unpaired) electrons. The van der Waals surface area contributed by atoms with Crippen molar-refractivity contribution in [2.45, 2.75) is 30.7 Å². The summed E-state index contributed by atoms with van der Waals surface area (Å²) >= 11 is 0. The Balaban J connectivity index is 0.000000511. The van der Waals surface area contributed by atoms with Crippen LogP contribution in [0.1, 0.15) is 5.56 Å². The molecule has 0 spiro atoms. The minimum atomic E-state index is -6.72. The molecule has 0 aliphatic rings. The summed E-state index contributed by atoms with van der Waals surface area (Å²) in [5, 5.41) is 0. The van der Waals surface area contributed by atoms with Crippen LogP contribution in [0.15, 0.2) is 24.5 Å². The lowest BCUT2D eigenvalue weighted by atomic mass is 10.3. The molecule has 0 fully saturated rings. The topological polar surface area (TPSA) is 86.3 Å². The molecule has 0 aromatic carbocycles. The average Bonchev–Trinajstić information content (AvgIpc) is 2.32. The Hall–Kier alpha value is -1.62. The fourth-order valence-electron chi connectivity index (χ4n) is 1.17.